The van der Waals surface area contributed by atoms with Crippen LogP contribution in [0.1, 0.15) is 78.7 Å². The number of carbonyl (C=O) groups is 4. The summed E-state index contributed by atoms with van der Waals surface area (Å²) >= 11 is 1.09. The highest BCUT2D eigenvalue weighted by Crippen LogP contribution is 2.41. The highest BCUT2D eigenvalue weighted by molar-refractivity contribution is 7.99. The number of benzene rings is 3. The third-order valence-electron chi connectivity index (χ3n) is 5.71. The fraction of sp³-hybridized carbons (Fsp3) is 0.185. The lowest BCUT2D eigenvalue weighted by Gasteiger charge is -2.22. The zero-order valence-corrected chi connectivity index (χ0v) is 19.8. The molecule has 0 saturated heterocycles. The minimum Gasteiger partial charge on any atom is -0.478 e. The minimum atomic E-state index is -1.31. The molecule has 7 nitrogen and oxygen atoms in total. The molecule has 0 unspecified atom stereocenters. The van der Waals surface area contributed by atoms with Crippen LogP contribution in [0.25, 0.3) is 0 Å². The lowest BCUT2D eigenvalue weighted by atomic mass is 9.82. The van der Waals surface area contributed by atoms with Crippen molar-refractivity contribution in [3.8, 4) is 0 Å². The number of nitrogen functional groups attached to an aromatic ring is 1. The molecule has 3 N–H and O–H groups in total. The number of hydrogen-bond acceptors (Lipinski definition) is 7. The van der Waals surface area contributed by atoms with Crippen LogP contribution >= 0.6 is 11.8 Å². The van der Waals surface area contributed by atoms with Gasteiger partial charge in [0.25, 0.3) is 0 Å². The number of fused-ring (bicyclic) bond motifs is 2. The van der Waals surface area contributed by atoms with E-state index in [4.69, 9.17) is 10.5 Å². The van der Waals surface area contributed by atoms with Gasteiger partial charge in [-0.1, -0.05) is 61.9 Å². The predicted octanol–water partition coefficient (Wildman–Crippen LogP) is 5.24. The van der Waals surface area contributed by atoms with E-state index in [-0.39, 0.29) is 38.4 Å². The van der Waals surface area contributed by atoms with Crippen LogP contribution in [0.3, 0.4) is 0 Å². The Hall–Kier alpha value is -3.91. The molecule has 3 aromatic rings. The topological polar surface area (TPSA) is 124 Å². The number of ketones is 2. The number of esters is 1. The van der Waals surface area contributed by atoms with Crippen LogP contribution in [-0.2, 0) is 4.74 Å². The van der Waals surface area contributed by atoms with E-state index in [0.29, 0.717) is 17.1 Å². The van der Waals surface area contributed by atoms with Crippen molar-refractivity contribution in [1.29, 1.82) is 0 Å². The van der Waals surface area contributed by atoms with E-state index in [1.54, 1.807) is 42.5 Å². The molecule has 0 spiro atoms. The van der Waals surface area contributed by atoms with Crippen LogP contribution in [0, 0.1) is 0 Å². The van der Waals surface area contributed by atoms with Crippen molar-refractivity contribution in [3.63, 3.8) is 0 Å². The SMILES string of the molecule is CCCCCOC(=O)c1cccc(Sc2cc(C(=O)O)c(N)c3c2C(=O)c2ccccc2C3=O)c1. The van der Waals surface area contributed by atoms with Crippen molar-refractivity contribution < 1.29 is 29.0 Å². The van der Waals surface area contributed by atoms with Gasteiger partial charge in [0.2, 0.25) is 0 Å². The van der Waals surface area contributed by atoms with Gasteiger partial charge >= 0.3 is 11.9 Å². The van der Waals surface area contributed by atoms with Crippen molar-refractivity contribution in [2.24, 2.45) is 0 Å². The molecule has 0 amide bonds. The van der Waals surface area contributed by atoms with Crippen LogP contribution in [-0.4, -0.2) is 35.2 Å². The van der Waals surface area contributed by atoms with E-state index in [2.05, 4.69) is 6.92 Å². The van der Waals surface area contributed by atoms with Crippen LogP contribution in [0.15, 0.2) is 64.4 Å². The van der Waals surface area contributed by atoms with Gasteiger partial charge < -0.3 is 15.6 Å². The summed E-state index contributed by atoms with van der Waals surface area (Å²) in [6.45, 7) is 2.39. The number of ether oxygens (including phenoxy) is 1. The summed E-state index contributed by atoms with van der Waals surface area (Å²) in [7, 11) is 0. The number of aromatic carboxylic acids is 1. The van der Waals surface area contributed by atoms with Gasteiger partial charge in [0.1, 0.15) is 0 Å². The molecular formula is C27H23NO6S. The fourth-order valence-electron chi connectivity index (χ4n) is 3.95. The van der Waals surface area contributed by atoms with Crippen molar-refractivity contribution in [3.05, 3.63) is 88.0 Å². The first-order valence-corrected chi connectivity index (χ1v) is 12.0. The monoisotopic (exact) mass is 489 g/mol. The van der Waals surface area contributed by atoms with Crippen LogP contribution in [0.4, 0.5) is 5.69 Å². The Labute approximate surface area is 206 Å². The Kier molecular flexibility index (Phi) is 7.02. The maximum Gasteiger partial charge on any atom is 0.338 e. The molecule has 178 valence electrons. The average Bonchev–Trinajstić information content (AvgIpc) is 2.85. The number of carboxylic acids is 1. The Morgan fingerprint density at radius 1 is 0.943 bits per heavy atom. The second kappa shape index (κ2) is 10.1. The van der Waals surface area contributed by atoms with Crippen LogP contribution in [0.2, 0.25) is 0 Å². The molecular weight excluding hydrogens is 466 g/mol. The van der Waals surface area contributed by atoms with Crippen LogP contribution in [0.5, 0.6) is 0 Å². The summed E-state index contributed by atoms with van der Waals surface area (Å²) in [5.41, 5.74) is 6.29. The summed E-state index contributed by atoms with van der Waals surface area (Å²) in [5.74, 6) is -2.68. The zero-order valence-electron chi connectivity index (χ0n) is 19.0. The summed E-state index contributed by atoms with van der Waals surface area (Å²) in [6, 6.07) is 14.3. The van der Waals surface area contributed by atoms with Crippen molar-refractivity contribution in [1.82, 2.24) is 0 Å². The molecule has 0 aliphatic heterocycles. The molecule has 8 heteroatoms. The maximum absolute atomic E-state index is 13.4. The summed E-state index contributed by atoms with van der Waals surface area (Å²) < 4.78 is 5.32. The molecule has 3 aromatic carbocycles. The second-order valence-electron chi connectivity index (χ2n) is 8.07. The number of carboxylic acid groups (broad SMARTS) is 1. The molecule has 0 fully saturated rings. The molecule has 0 radical (unpaired) electrons. The summed E-state index contributed by atoms with van der Waals surface area (Å²) in [4.78, 5) is 51.8. The molecule has 0 saturated carbocycles. The number of nitrogens with two attached hydrogens (primary N) is 1. The van der Waals surface area contributed by atoms with E-state index < -0.39 is 23.5 Å². The van der Waals surface area contributed by atoms with Gasteiger partial charge in [-0.3, -0.25) is 9.59 Å². The van der Waals surface area contributed by atoms with Gasteiger partial charge in [-0.25, -0.2) is 9.59 Å². The van der Waals surface area contributed by atoms with Gasteiger partial charge in [-0.15, -0.1) is 0 Å². The first-order valence-electron chi connectivity index (χ1n) is 11.2. The van der Waals surface area contributed by atoms with E-state index in [1.165, 1.54) is 12.1 Å². The maximum atomic E-state index is 13.4. The van der Waals surface area contributed by atoms with E-state index >= 15 is 0 Å². The lowest BCUT2D eigenvalue weighted by Crippen LogP contribution is -2.24. The van der Waals surface area contributed by atoms with Gasteiger partial charge in [0, 0.05) is 26.5 Å². The number of anilines is 1. The first kappa shape index (κ1) is 24.2. The Morgan fingerprint density at radius 2 is 1.63 bits per heavy atom. The van der Waals surface area contributed by atoms with Gasteiger partial charge in [-0.05, 0) is 30.7 Å². The van der Waals surface area contributed by atoms with E-state index in [9.17, 15) is 24.3 Å². The van der Waals surface area contributed by atoms with Crippen molar-refractivity contribution in [2.75, 3.05) is 12.3 Å². The standard InChI is InChI=1S/C27H23NO6S/c1-2-3-6-12-34-27(33)15-8-7-9-16(13-15)35-20-14-19(26(31)32)23(28)22-21(20)24(29)17-10-4-5-11-18(17)25(22)30/h4-5,7-11,13-14H,2-3,6,12,28H2,1H3,(H,31,32). The van der Waals surface area contributed by atoms with Crippen molar-refractivity contribution in [2.45, 2.75) is 36.0 Å². The number of rotatable bonds is 8. The fourth-order valence-corrected chi connectivity index (χ4v) is 5.01. The van der Waals surface area contributed by atoms with Gasteiger partial charge in [0.05, 0.1) is 29.0 Å². The molecule has 4 rings (SSSR count). The molecule has 35 heavy (non-hydrogen) atoms. The smallest absolute Gasteiger partial charge is 0.338 e. The highest BCUT2D eigenvalue weighted by atomic mass is 32.2. The number of hydrogen-bond donors (Lipinski definition) is 2. The largest absolute Gasteiger partial charge is 0.478 e. The molecule has 0 aromatic heterocycles. The minimum absolute atomic E-state index is 0.0637. The van der Waals surface area contributed by atoms with E-state index in [1.807, 2.05) is 0 Å². The number of carbonyl (C=O) groups excluding carboxylic acids is 3. The molecule has 0 heterocycles. The van der Waals surface area contributed by atoms with Gasteiger partial charge in [-0.2, -0.15) is 0 Å². The Bertz CT molecular complexity index is 1360. The zero-order chi connectivity index (χ0) is 25.1. The van der Waals surface area contributed by atoms with Crippen molar-refractivity contribution >= 4 is 41.0 Å². The predicted molar refractivity (Wildman–Crippen MR) is 131 cm³/mol. The summed E-state index contributed by atoms with van der Waals surface area (Å²) in [6.07, 6.45) is 2.76. The molecule has 1 aliphatic rings. The highest BCUT2D eigenvalue weighted by Gasteiger charge is 2.35. The summed E-state index contributed by atoms with van der Waals surface area (Å²) in [5, 5.41) is 9.70. The lowest BCUT2D eigenvalue weighted by molar-refractivity contribution is 0.0497. The third kappa shape index (κ3) is 4.70. The third-order valence-corrected chi connectivity index (χ3v) is 6.74. The molecule has 0 bridgehead atoms. The van der Waals surface area contributed by atoms with E-state index in [0.717, 1.165) is 31.0 Å². The number of unbranched alkanes of at least 4 members (excludes halogenated alkanes) is 2. The quantitative estimate of drug-likeness (QED) is 0.196. The molecule has 1 aliphatic carbocycles. The van der Waals surface area contributed by atoms with Crippen LogP contribution < -0.4 is 5.73 Å². The average molecular weight is 490 g/mol. The second-order valence-corrected chi connectivity index (χ2v) is 9.18. The Balaban J connectivity index is 1.75. The normalized spacial score (nSPS) is 12.1. The van der Waals surface area contributed by atoms with Gasteiger partial charge in [0.15, 0.2) is 11.6 Å². The molecule has 0 atom stereocenters. The first-order chi connectivity index (χ1) is 16.8. The Morgan fingerprint density at radius 3 is 2.29 bits per heavy atom.